The van der Waals surface area contributed by atoms with Crippen molar-refractivity contribution in [3.8, 4) is 6.07 Å². The normalized spacial score (nSPS) is 23.7. The third-order valence-corrected chi connectivity index (χ3v) is 9.38. The Morgan fingerprint density at radius 2 is 1.74 bits per heavy atom. The molecule has 250 valence electrons. The minimum atomic E-state index is -1.72. The van der Waals surface area contributed by atoms with E-state index < -0.39 is 35.1 Å². The summed E-state index contributed by atoms with van der Waals surface area (Å²) in [6, 6.07) is 8.95. The first-order valence-corrected chi connectivity index (χ1v) is 16.1. The molecular weight excluding hydrogens is 639 g/mol. The van der Waals surface area contributed by atoms with Crippen LogP contribution in [0.3, 0.4) is 0 Å². The molecule has 0 unspecified atom stereocenters. The van der Waals surface area contributed by atoms with Gasteiger partial charge in [0.1, 0.15) is 17.0 Å². The number of nitrogens with one attached hydrogen (secondary N) is 1. The topological polar surface area (TPSA) is 120 Å². The highest BCUT2D eigenvalue weighted by Crippen LogP contribution is 2.53. The average molecular weight is 681 g/mol. The van der Waals surface area contributed by atoms with Gasteiger partial charge in [-0.2, -0.15) is 5.26 Å². The van der Waals surface area contributed by atoms with Gasteiger partial charge in [-0.3, -0.25) is 14.5 Å². The number of nitriles is 1. The summed E-state index contributed by atoms with van der Waals surface area (Å²) in [6.45, 7) is 7.00. The van der Waals surface area contributed by atoms with E-state index in [1.54, 1.807) is 11.0 Å². The van der Waals surface area contributed by atoms with Crippen LogP contribution in [0.25, 0.3) is 0 Å². The van der Waals surface area contributed by atoms with Gasteiger partial charge >= 0.3 is 0 Å². The van der Waals surface area contributed by atoms with Gasteiger partial charge in [-0.25, -0.2) is 8.78 Å². The summed E-state index contributed by atoms with van der Waals surface area (Å²) < 4.78 is 31.8. The molecule has 2 fully saturated rings. The highest BCUT2D eigenvalue weighted by molar-refractivity contribution is 6.31. The van der Waals surface area contributed by atoms with Gasteiger partial charge in [0, 0.05) is 61.8 Å². The largest absolute Gasteiger partial charge is 0.395 e. The van der Waals surface area contributed by atoms with E-state index in [0.29, 0.717) is 19.5 Å². The molecule has 0 radical (unpaired) electrons. The molecule has 9 nitrogen and oxygen atoms in total. The van der Waals surface area contributed by atoms with E-state index in [0.717, 1.165) is 6.07 Å². The van der Waals surface area contributed by atoms with E-state index >= 15 is 8.78 Å². The lowest BCUT2D eigenvalue weighted by Gasteiger charge is -2.39. The predicted molar refractivity (Wildman–Crippen MR) is 171 cm³/mol. The second kappa shape index (κ2) is 14.9. The second-order valence-electron chi connectivity index (χ2n) is 13.1. The Hall–Kier alpha value is -2.85. The fourth-order valence-electron chi connectivity index (χ4n) is 6.76. The van der Waals surface area contributed by atoms with E-state index in [4.69, 9.17) is 23.2 Å². The maximum atomic E-state index is 15.9. The van der Waals surface area contributed by atoms with Crippen molar-refractivity contribution in [3.05, 3.63) is 69.2 Å². The van der Waals surface area contributed by atoms with Gasteiger partial charge in [-0.05, 0) is 35.6 Å². The summed E-state index contributed by atoms with van der Waals surface area (Å²) >= 11 is 12.3. The van der Waals surface area contributed by atoms with Gasteiger partial charge in [0.2, 0.25) is 11.8 Å². The van der Waals surface area contributed by atoms with Crippen molar-refractivity contribution in [1.82, 2.24) is 20.0 Å². The average Bonchev–Trinajstić information content (AvgIpc) is 3.31. The van der Waals surface area contributed by atoms with Crippen LogP contribution in [0, 0.1) is 28.4 Å². The molecule has 0 aliphatic carbocycles. The molecule has 4 atom stereocenters. The number of carbonyl (C=O) groups is 2. The van der Waals surface area contributed by atoms with Crippen molar-refractivity contribution < 1.29 is 28.6 Å². The van der Waals surface area contributed by atoms with Crippen LogP contribution in [-0.4, -0.2) is 108 Å². The standard InChI is InChI=1S/C33H41Cl2F2N5O4/c1-32(2,3)18-26-33(20-38,23-8-7-21(34)17-25(23)36)28(22-5-4-6-24(35)29(22)37)30(39-26)31(46)42-11-9-40(10-12-42)19-27(45)41(13-15-43)14-16-44/h4-8,17,26,28,30,39,43-44H,9-16,18-19H2,1-3H3/t26-,28-,30+,33-/m0/s1. The van der Waals surface area contributed by atoms with Crippen LogP contribution in [0.2, 0.25) is 10.0 Å². The van der Waals surface area contributed by atoms with E-state index in [-0.39, 0.29) is 84.3 Å². The summed E-state index contributed by atoms with van der Waals surface area (Å²) in [7, 11) is 0. The molecule has 2 aliphatic rings. The zero-order chi connectivity index (χ0) is 33.8. The third kappa shape index (κ3) is 7.48. The smallest absolute Gasteiger partial charge is 0.240 e. The zero-order valence-electron chi connectivity index (χ0n) is 26.3. The zero-order valence-corrected chi connectivity index (χ0v) is 27.8. The van der Waals surface area contributed by atoms with Crippen molar-refractivity contribution in [2.75, 3.05) is 59.0 Å². The molecule has 2 saturated heterocycles. The van der Waals surface area contributed by atoms with Crippen LogP contribution in [0.15, 0.2) is 36.4 Å². The number of aliphatic hydroxyl groups is 2. The lowest BCUT2D eigenvalue weighted by atomic mass is 9.62. The highest BCUT2D eigenvalue weighted by atomic mass is 35.5. The molecule has 46 heavy (non-hydrogen) atoms. The quantitative estimate of drug-likeness (QED) is 0.351. The lowest BCUT2D eigenvalue weighted by molar-refractivity contribution is -0.137. The number of hydrogen-bond donors (Lipinski definition) is 3. The molecule has 0 spiro atoms. The first-order valence-electron chi connectivity index (χ1n) is 15.3. The third-order valence-electron chi connectivity index (χ3n) is 8.85. The van der Waals surface area contributed by atoms with E-state index in [2.05, 4.69) is 11.4 Å². The predicted octanol–water partition coefficient (Wildman–Crippen LogP) is 3.55. The van der Waals surface area contributed by atoms with Crippen molar-refractivity contribution in [2.45, 2.75) is 50.6 Å². The number of amides is 2. The van der Waals surface area contributed by atoms with Crippen molar-refractivity contribution in [1.29, 1.82) is 5.26 Å². The first kappa shape index (κ1) is 36.0. The summed E-state index contributed by atoms with van der Waals surface area (Å²) in [6.07, 6.45) is 0.360. The van der Waals surface area contributed by atoms with E-state index in [9.17, 15) is 25.1 Å². The van der Waals surface area contributed by atoms with Crippen LogP contribution < -0.4 is 5.32 Å². The fourth-order valence-corrected chi connectivity index (χ4v) is 7.10. The van der Waals surface area contributed by atoms with Crippen LogP contribution in [0.5, 0.6) is 0 Å². The molecule has 0 saturated carbocycles. The number of benzene rings is 2. The molecular formula is C33H41Cl2F2N5O4. The molecule has 0 bridgehead atoms. The molecule has 0 aromatic heterocycles. The maximum Gasteiger partial charge on any atom is 0.240 e. The molecule has 2 heterocycles. The molecule has 2 amide bonds. The van der Waals surface area contributed by atoms with Crippen LogP contribution >= 0.6 is 23.2 Å². The molecule has 13 heteroatoms. The highest BCUT2D eigenvalue weighted by Gasteiger charge is 2.61. The van der Waals surface area contributed by atoms with Gasteiger partial charge < -0.3 is 25.3 Å². The monoisotopic (exact) mass is 679 g/mol. The molecule has 4 rings (SSSR count). The van der Waals surface area contributed by atoms with Gasteiger partial charge in [0.15, 0.2) is 0 Å². The van der Waals surface area contributed by atoms with Gasteiger partial charge in [-0.15, -0.1) is 0 Å². The first-order chi connectivity index (χ1) is 21.8. The summed E-state index contributed by atoms with van der Waals surface area (Å²) in [5.74, 6) is -3.28. The Morgan fingerprint density at radius 1 is 1.09 bits per heavy atom. The molecule has 2 aromatic carbocycles. The number of rotatable bonds is 10. The van der Waals surface area contributed by atoms with Crippen LogP contribution in [-0.2, 0) is 15.0 Å². The number of hydrogen-bond acceptors (Lipinski definition) is 7. The number of piperazine rings is 1. The number of nitrogens with zero attached hydrogens (tertiary/aromatic N) is 4. The minimum absolute atomic E-state index is 0.0134. The number of halogens is 4. The summed E-state index contributed by atoms with van der Waals surface area (Å²) in [5.41, 5.74) is -2.04. The molecule has 2 aliphatic heterocycles. The Balaban J connectivity index is 1.72. The van der Waals surface area contributed by atoms with Crippen LogP contribution in [0.1, 0.15) is 44.2 Å². The summed E-state index contributed by atoms with van der Waals surface area (Å²) in [5, 5.41) is 32.9. The second-order valence-corrected chi connectivity index (χ2v) is 14.0. The van der Waals surface area contributed by atoms with Gasteiger partial charge in [-0.1, -0.05) is 62.2 Å². The van der Waals surface area contributed by atoms with Crippen molar-refractivity contribution in [2.24, 2.45) is 5.41 Å². The number of carbonyl (C=O) groups excluding carboxylic acids is 2. The SMILES string of the molecule is CC(C)(C)C[C@@H]1N[C@@H](C(=O)N2CCN(CC(=O)N(CCO)CCO)CC2)[C@H](c2cccc(Cl)c2F)[C@@]1(C#N)c1ccc(Cl)cc1F. The Labute approximate surface area is 278 Å². The Kier molecular flexibility index (Phi) is 11.7. The van der Waals surface area contributed by atoms with Crippen molar-refractivity contribution in [3.63, 3.8) is 0 Å². The Morgan fingerprint density at radius 3 is 2.30 bits per heavy atom. The van der Waals surface area contributed by atoms with Gasteiger partial charge in [0.05, 0.1) is 36.9 Å². The minimum Gasteiger partial charge on any atom is -0.395 e. The van der Waals surface area contributed by atoms with Crippen LogP contribution in [0.4, 0.5) is 8.78 Å². The maximum absolute atomic E-state index is 15.9. The van der Waals surface area contributed by atoms with E-state index in [1.807, 2.05) is 25.7 Å². The molecule has 3 N–H and O–H groups in total. The Bertz CT molecular complexity index is 1450. The summed E-state index contributed by atoms with van der Waals surface area (Å²) in [4.78, 5) is 32.1. The molecule has 2 aromatic rings. The number of aliphatic hydroxyl groups excluding tert-OH is 2. The van der Waals surface area contributed by atoms with Gasteiger partial charge in [0.25, 0.3) is 0 Å². The van der Waals surface area contributed by atoms with E-state index in [1.165, 1.54) is 29.2 Å². The fraction of sp³-hybridized carbons (Fsp3) is 0.545. The van der Waals surface area contributed by atoms with Crippen molar-refractivity contribution >= 4 is 35.0 Å². The lowest BCUT2D eigenvalue weighted by Crippen LogP contribution is -2.56.